The van der Waals surface area contributed by atoms with Crippen LogP contribution in [0.2, 0.25) is 0 Å². The maximum absolute atomic E-state index is 11.7. The monoisotopic (exact) mass is 250 g/mol. The van der Waals surface area contributed by atoms with E-state index in [0.29, 0.717) is 5.56 Å². The fourth-order valence-corrected chi connectivity index (χ4v) is 1.05. The number of rotatable bonds is 5. The third kappa shape index (κ3) is 5.27. The van der Waals surface area contributed by atoms with Gasteiger partial charge in [0.25, 0.3) is 5.69 Å². The zero-order chi connectivity index (χ0) is 12.9. The molecule has 0 fully saturated rings. The van der Waals surface area contributed by atoms with E-state index >= 15 is 0 Å². The molecule has 0 spiro atoms. The summed E-state index contributed by atoms with van der Waals surface area (Å²) in [7, 11) is 0. The average molecular weight is 250 g/mol. The van der Waals surface area contributed by atoms with Crippen LogP contribution < -0.4 is 5.48 Å². The van der Waals surface area contributed by atoms with Crippen molar-refractivity contribution in [3.63, 3.8) is 0 Å². The molecular formula is C9H9F3N2O3. The summed E-state index contributed by atoms with van der Waals surface area (Å²) >= 11 is 0. The predicted octanol–water partition coefficient (Wildman–Crippen LogP) is 2.18. The lowest BCUT2D eigenvalue weighted by molar-refractivity contribution is -0.384. The highest BCUT2D eigenvalue weighted by Gasteiger charge is 2.27. The highest BCUT2D eigenvalue weighted by molar-refractivity contribution is 5.34. The Morgan fingerprint density at radius 3 is 2.71 bits per heavy atom. The first-order chi connectivity index (χ1) is 7.88. The summed E-state index contributed by atoms with van der Waals surface area (Å²) in [6.45, 7) is -1.46. The average Bonchev–Trinajstić information content (AvgIpc) is 2.23. The predicted molar refractivity (Wildman–Crippen MR) is 51.9 cm³/mol. The summed E-state index contributed by atoms with van der Waals surface area (Å²) in [5, 5.41) is 10.4. The molecule has 0 atom stereocenters. The fourth-order valence-electron chi connectivity index (χ4n) is 1.05. The van der Waals surface area contributed by atoms with Gasteiger partial charge in [0.2, 0.25) is 0 Å². The van der Waals surface area contributed by atoms with Crippen LogP contribution in [0.3, 0.4) is 0 Å². The summed E-state index contributed by atoms with van der Waals surface area (Å²) in [5.41, 5.74) is 2.42. The number of benzene rings is 1. The second-order valence-corrected chi connectivity index (χ2v) is 3.15. The Balaban J connectivity index is 2.42. The quantitative estimate of drug-likeness (QED) is 0.494. The highest BCUT2D eigenvalue weighted by atomic mass is 19.4. The van der Waals surface area contributed by atoms with Crippen molar-refractivity contribution in [2.45, 2.75) is 12.7 Å². The van der Waals surface area contributed by atoms with Crippen molar-refractivity contribution in [1.29, 1.82) is 0 Å². The number of nitro benzene ring substituents is 1. The lowest BCUT2D eigenvalue weighted by Gasteiger charge is -2.08. The third-order valence-electron chi connectivity index (χ3n) is 1.74. The van der Waals surface area contributed by atoms with Crippen molar-refractivity contribution in [2.75, 3.05) is 6.61 Å². The van der Waals surface area contributed by atoms with Crippen LogP contribution in [-0.2, 0) is 11.4 Å². The van der Waals surface area contributed by atoms with Gasteiger partial charge < -0.3 is 0 Å². The Hall–Kier alpha value is -1.67. The molecule has 0 aliphatic carbocycles. The molecule has 8 heteroatoms. The zero-order valence-corrected chi connectivity index (χ0v) is 8.53. The molecule has 1 rings (SSSR count). The Kier molecular flexibility index (Phi) is 4.41. The lowest BCUT2D eigenvalue weighted by Crippen LogP contribution is -2.24. The van der Waals surface area contributed by atoms with Gasteiger partial charge in [-0.25, -0.2) is 0 Å². The Bertz CT molecular complexity index is 395. The Labute approximate surface area is 94.3 Å². The van der Waals surface area contributed by atoms with Gasteiger partial charge in [0.05, 0.1) is 4.92 Å². The minimum Gasteiger partial charge on any atom is -0.292 e. The summed E-state index contributed by atoms with van der Waals surface area (Å²) in [6, 6.07) is 5.53. The Morgan fingerprint density at radius 1 is 1.41 bits per heavy atom. The molecular weight excluding hydrogens is 241 g/mol. The minimum absolute atomic E-state index is 0.0439. The molecule has 5 nitrogen and oxygen atoms in total. The number of hydroxylamine groups is 1. The summed E-state index contributed by atoms with van der Waals surface area (Å²) in [5.74, 6) is 0. The van der Waals surface area contributed by atoms with Gasteiger partial charge in [-0.2, -0.15) is 18.7 Å². The van der Waals surface area contributed by atoms with E-state index in [1.54, 1.807) is 0 Å². The lowest BCUT2D eigenvalue weighted by atomic mass is 10.2. The van der Waals surface area contributed by atoms with Crippen LogP contribution >= 0.6 is 0 Å². The number of nitro groups is 1. The van der Waals surface area contributed by atoms with Gasteiger partial charge >= 0.3 is 6.18 Å². The molecule has 1 aromatic carbocycles. The SMILES string of the molecule is O=[N+]([O-])c1cccc(CNOCC(F)(F)F)c1. The van der Waals surface area contributed by atoms with Gasteiger partial charge in [0.1, 0.15) is 0 Å². The molecule has 1 N–H and O–H groups in total. The van der Waals surface area contributed by atoms with Gasteiger partial charge in [0.15, 0.2) is 6.61 Å². The smallest absolute Gasteiger partial charge is 0.292 e. The standard InChI is InChI=1S/C9H9F3N2O3/c10-9(11,12)6-17-13-5-7-2-1-3-8(4-7)14(15)16/h1-4,13H,5-6H2. The highest BCUT2D eigenvalue weighted by Crippen LogP contribution is 2.15. The molecule has 0 aliphatic rings. The molecule has 0 bridgehead atoms. The molecule has 0 unspecified atom stereocenters. The second kappa shape index (κ2) is 5.60. The summed E-state index contributed by atoms with van der Waals surface area (Å²) in [4.78, 5) is 14.0. The minimum atomic E-state index is -4.41. The molecule has 0 amide bonds. The van der Waals surface area contributed by atoms with Crippen molar-refractivity contribution in [2.24, 2.45) is 0 Å². The number of hydrogen-bond donors (Lipinski definition) is 1. The van der Waals surface area contributed by atoms with E-state index in [1.165, 1.54) is 24.3 Å². The molecule has 0 saturated carbocycles. The maximum atomic E-state index is 11.7. The van der Waals surface area contributed by atoms with Gasteiger partial charge in [-0.05, 0) is 5.56 Å². The van der Waals surface area contributed by atoms with Crippen LogP contribution in [0.1, 0.15) is 5.56 Å². The zero-order valence-electron chi connectivity index (χ0n) is 8.53. The first-order valence-corrected chi connectivity index (χ1v) is 4.53. The van der Waals surface area contributed by atoms with E-state index in [0.717, 1.165) is 0 Å². The molecule has 0 radical (unpaired) electrons. The number of nitrogens with one attached hydrogen (secondary N) is 1. The van der Waals surface area contributed by atoms with Crippen molar-refractivity contribution in [3.8, 4) is 0 Å². The van der Waals surface area contributed by atoms with Gasteiger partial charge in [0, 0.05) is 18.7 Å². The van der Waals surface area contributed by atoms with Crippen LogP contribution in [0, 0.1) is 10.1 Å². The number of alkyl halides is 3. The van der Waals surface area contributed by atoms with E-state index in [9.17, 15) is 23.3 Å². The second-order valence-electron chi connectivity index (χ2n) is 3.15. The largest absolute Gasteiger partial charge is 0.413 e. The van der Waals surface area contributed by atoms with E-state index in [-0.39, 0.29) is 12.2 Å². The normalized spacial score (nSPS) is 11.5. The summed E-state index contributed by atoms with van der Waals surface area (Å²) < 4.78 is 35.1. The van der Waals surface area contributed by atoms with Gasteiger partial charge in [-0.3, -0.25) is 15.0 Å². The van der Waals surface area contributed by atoms with Crippen LogP contribution in [0.15, 0.2) is 24.3 Å². The molecule has 17 heavy (non-hydrogen) atoms. The van der Waals surface area contributed by atoms with Crippen molar-refractivity contribution in [1.82, 2.24) is 5.48 Å². The number of nitrogens with zero attached hydrogens (tertiary/aromatic N) is 1. The van der Waals surface area contributed by atoms with E-state index in [2.05, 4.69) is 10.3 Å². The fraction of sp³-hybridized carbons (Fsp3) is 0.333. The topological polar surface area (TPSA) is 64.4 Å². The van der Waals surface area contributed by atoms with Gasteiger partial charge in [-0.1, -0.05) is 12.1 Å². The Morgan fingerprint density at radius 2 is 2.12 bits per heavy atom. The molecule has 0 heterocycles. The van der Waals surface area contributed by atoms with E-state index in [4.69, 9.17) is 0 Å². The van der Waals surface area contributed by atoms with Crippen LogP contribution in [-0.4, -0.2) is 17.7 Å². The van der Waals surface area contributed by atoms with Crippen molar-refractivity contribution in [3.05, 3.63) is 39.9 Å². The molecule has 94 valence electrons. The molecule has 1 aromatic rings. The van der Waals surface area contributed by atoms with E-state index in [1.807, 2.05) is 0 Å². The third-order valence-corrected chi connectivity index (χ3v) is 1.74. The van der Waals surface area contributed by atoms with E-state index < -0.39 is 17.7 Å². The summed E-state index contributed by atoms with van der Waals surface area (Å²) in [6.07, 6.45) is -4.41. The molecule has 0 saturated heterocycles. The maximum Gasteiger partial charge on any atom is 0.413 e. The number of halogens is 3. The first kappa shape index (κ1) is 13.4. The van der Waals surface area contributed by atoms with Crippen LogP contribution in [0.25, 0.3) is 0 Å². The molecule has 0 aliphatic heterocycles. The molecule has 0 aromatic heterocycles. The number of hydrogen-bond acceptors (Lipinski definition) is 4. The van der Waals surface area contributed by atoms with Crippen molar-refractivity contribution < 1.29 is 22.9 Å². The first-order valence-electron chi connectivity index (χ1n) is 4.53. The van der Waals surface area contributed by atoms with Crippen LogP contribution in [0.4, 0.5) is 18.9 Å². The number of non-ortho nitro benzene ring substituents is 1. The van der Waals surface area contributed by atoms with Crippen LogP contribution in [0.5, 0.6) is 0 Å². The van der Waals surface area contributed by atoms with Gasteiger partial charge in [-0.15, -0.1) is 0 Å². The van der Waals surface area contributed by atoms with Crippen molar-refractivity contribution >= 4 is 5.69 Å².